The molecule has 0 saturated heterocycles. The quantitative estimate of drug-likeness (QED) is 0.676. The normalized spacial score (nSPS) is 10.0. The van der Waals surface area contributed by atoms with E-state index in [1.54, 1.807) is 49.0 Å². The topological polar surface area (TPSA) is 101 Å². The number of ether oxygens (including phenoxy) is 1. The van der Waals surface area contributed by atoms with Crippen molar-refractivity contribution in [1.82, 2.24) is 15.4 Å². The molecule has 132 valence electrons. The van der Waals surface area contributed by atoms with Crippen LogP contribution >= 0.6 is 15.9 Å². The fourth-order valence-corrected chi connectivity index (χ4v) is 2.55. The maximum atomic E-state index is 12.1. The van der Waals surface area contributed by atoms with Gasteiger partial charge in [-0.1, -0.05) is 6.07 Å². The lowest BCUT2D eigenvalue weighted by Gasteiger charge is -2.09. The first-order valence-electron chi connectivity index (χ1n) is 7.37. The van der Waals surface area contributed by atoms with Gasteiger partial charge in [-0.25, -0.2) is 4.79 Å². The van der Waals surface area contributed by atoms with Gasteiger partial charge in [-0.05, 0) is 47.1 Å². The van der Waals surface area contributed by atoms with Gasteiger partial charge in [0.25, 0.3) is 11.8 Å². The van der Waals surface area contributed by atoms with Crippen molar-refractivity contribution in [2.45, 2.75) is 6.92 Å². The Morgan fingerprint density at radius 3 is 2.52 bits per heavy atom. The summed E-state index contributed by atoms with van der Waals surface area (Å²) in [7, 11) is 1.71. The number of benzene rings is 1. The Labute approximate surface area is 152 Å². The van der Waals surface area contributed by atoms with E-state index in [4.69, 9.17) is 4.74 Å². The number of aryl methyl sites for hydroxylation is 1. The summed E-state index contributed by atoms with van der Waals surface area (Å²) in [4.78, 5) is 35.6. The number of carbonyl (C=O) groups is 3. The summed E-state index contributed by atoms with van der Waals surface area (Å²) >= 11 is 3.27. The van der Waals surface area contributed by atoms with E-state index >= 15 is 0 Å². The van der Waals surface area contributed by atoms with Crippen molar-refractivity contribution in [2.75, 3.05) is 11.9 Å². The van der Waals surface area contributed by atoms with E-state index < -0.39 is 17.9 Å². The predicted molar refractivity (Wildman–Crippen MR) is 95.1 cm³/mol. The maximum Gasteiger partial charge on any atom is 0.411 e. The molecule has 0 radical (unpaired) electrons. The van der Waals surface area contributed by atoms with Gasteiger partial charge in [0.2, 0.25) is 0 Å². The molecule has 0 spiro atoms. The molecule has 9 heteroatoms. The molecule has 2 aromatic rings. The predicted octanol–water partition coefficient (Wildman–Crippen LogP) is 2.43. The SMILES string of the molecule is CCOC(=O)Nc1cccc(C(=O)NNC(=O)c2cc(Br)cn2C)c1. The number of hydrazine groups is 1. The summed E-state index contributed by atoms with van der Waals surface area (Å²) in [5.41, 5.74) is 5.72. The van der Waals surface area contributed by atoms with E-state index in [0.29, 0.717) is 11.4 Å². The van der Waals surface area contributed by atoms with Crippen LogP contribution in [-0.2, 0) is 11.8 Å². The van der Waals surface area contributed by atoms with E-state index in [2.05, 4.69) is 32.1 Å². The molecule has 0 bridgehead atoms. The van der Waals surface area contributed by atoms with Crippen molar-refractivity contribution in [2.24, 2.45) is 7.05 Å². The van der Waals surface area contributed by atoms with Crippen molar-refractivity contribution in [3.05, 3.63) is 52.3 Å². The number of rotatable bonds is 4. The largest absolute Gasteiger partial charge is 0.450 e. The first-order chi connectivity index (χ1) is 11.9. The van der Waals surface area contributed by atoms with Gasteiger partial charge in [0, 0.05) is 29.0 Å². The van der Waals surface area contributed by atoms with Crippen LogP contribution in [0, 0.1) is 0 Å². The number of hydrogen-bond donors (Lipinski definition) is 3. The molecule has 8 nitrogen and oxygen atoms in total. The highest BCUT2D eigenvalue weighted by atomic mass is 79.9. The summed E-state index contributed by atoms with van der Waals surface area (Å²) in [5, 5.41) is 2.50. The lowest BCUT2D eigenvalue weighted by atomic mass is 10.2. The van der Waals surface area contributed by atoms with Crippen LogP contribution in [0.25, 0.3) is 0 Å². The van der Waals surface area contributed by atoms with Gasteiger partial charge in [0.05, 0.1) is 6.61 Å². The molecule has 0 saturated carbocycles. The lowest BCUT2D eigenvalue weighted by Crippen LogP contribution is -2.42. The second kappa shape index (κ2) is 8.34. The van der Waals surface area contributed by atoms with E-state index in [1.165, 1.54) is 6.07 Å². The summed E-state index contributed by atoms with van der Waals surface area (Å²) in [5.74, 6) is -0.975. The number of nitrogens with one attached hydrogen (secondary N) is 3. The van der Waals surface area contributed by atoms with Gasteiger partial charge in [0.15, 0.2) is 0 Å². The van der Waals surface area contributed by atoms with Crippen LogP contribution in [0.5, 0.6) is 0 Å². The van der Waals surface area contributed by atoms with E-state index in [9.17, 15) is 14.4 Å². The Kier molecular flexibility index (Phi) is 6.18. The van der Waals surface area contributed by atoms with Crippen molar-refractivity contribution in [3.63, 3.8) is 0 Å². The molecule has 3 N–H and O–H groups in total. The molecule has 0 atom stereocenters. The monoisotopic (exact) mass is 408 g/mol. The average Bonchev–Trinajstić information content (AvgIpc) is 2.91. The lowest BCUT2D eigenvalue weighted by molar-refractivity contribution is 0.0842. The molecular weight excluding hydrogens is 392 g/mol. The first-order valence-corrected chi connectivity index (χ1v) is 8.16. The number of amides is 3. The highest BCUT2D eigenvalue weighted by molar-refractivity contribution is 9.10. The van der Waals surface area contributed by atoms with Gasteiger partial charge in [-0.2, -0.15) is 0 Å². The molecule has 1 heterocycles. The zero-order valence-corrected chi connectivity index (χ0v) is 15.2. The zero-order chi connectivity index (χ0) is 18.4. The fraction of sp³-hybridized carbons (Fsp3) is 0.188. The molecule has 2 rings (SSSR count). The fourth-order valence-electron chi connectivity index (χ4n) is 2.02. The second-order valence-electron chi connectivity index (χ2n) is 4.99. The third-order valence-electron chi connectivity index (χ3n) is 3.14. The number of halogens is 1. The van der Waals surface area contributed by atoms with Crippen molar-refractivity contribution >= 4 is 39.5 Å². The van der Waals surface area contributed by atoms with Gasteiger partial charge in [0.1, 0.15) is 5.69 Å². The van der Waals surface area contributed by atoms with Gasteiger partial charge in [-0.3, -0.25) is 25.8 Å². The van der Waals surface area contributed by atoms with Crippen LogP contribution in [0.4, 0.5) is 10.5 Å². The molecule has 0 fully saturated rings. The third-order valence-corrected chi connectivity index (χ3v) is 3.57. The Hall–Kier alpha value is -2.81. The molecule has 0 unspecified atom stereocenters. The highest BCUT2D eigenvalue weighted by Crippen LogP contribution is 2.13. The molecule has 0 aliphatic rings. The van der Waals surface area contributed by atoms with Crippen molar-refractivity contribution in [1.29, 1.82) is 0 Å². The average molecular weight is 409 g/mol. The number of nitrogens with zero attached hydrogens (tertiary/aromatic N) is 1. The summed E-state index contributed by atoms with van der Waals surface area (Å²) in [6.07, 6.45) is 1.11. The van der Waals surface area contributed by atoms with Gasteiger partial charge < -0.3 is 9.30 Å². The van der Waals surface area contributed by atoms with Crippen LogP contribution < -0.4 is 16.2 Å². The number of carbonyl (C=O) groups excluding carboxylic acids is 3. The number of anilines is 1. The van der Waals surface area contributed by atoms with Crippen LogP contribution in [0.3, 0.4) is 0 Å². The Morgan fingerprint density at radius 2 is 1.88 bits per heavy atom. The second-order valence-corrected chi connectivity index (χ2v) is 5.90. The highest BCUT2D eigenvalue weighted by Gasteiger charge is 2.13. The minimum Gasteiger partial charge on any atom is -0.450 e. The molecule has 0 aliphatic carbocycles. The van der Waals surface area contributed by atoms with Gasteiger partial charge in [-0.15, -0.1) is 0 Å². The standard InChI is InChI=1S/C16H17BrN4O4/c1-3-25-16(24)18-12-6-4-5-10(7-12)14(22)19-20-15(23)13-8-11(17)9-21(13)2/h4-9H,3H2,1-2H3,(H,18,24)(H,19,22)(H,20,23). The summed E-state index contributed by atoms with van der Waals surface area (Å²) in [6, 6.07) is 7.88. The zero-order valence-electron chi connectivity index (χ0n) is 13.6. The van der Waals surface area contributed by atoms with Crippen molar-refractivity contribution < 1.29 is 19.1 Å². The Balaban J connectivity index is 1.97. The minimum atomic E-state index is -0.609. The number of aromatic nitrogens is 1. The molecule has 3 amide bonds. The van der Waals surface area contributed by atoms with Crippen LogP contribution in [-0.4, -0.2) is 29.1 Å². The molecule has 1 aromatic heterocycles. The smallest absolute Gasteiger partial charge is 0.411 e. The third kappa shape index (κ3) is 5.08. The maximum absolute atomic E-state index is 12.1. The van der Waals surface area contributed by atoms with Crippen molar-refractivity contribution in [3.8, 4) is 0 Å². The summed E-state index contributed by atoms with van der Waals surface area (Å²) in [6.45, 7) is 1.94. The van der Waals surface area contributed by atoms with Crippen LogP contribution in [0.2, 0.25) is 0 Å². The Bertz CT molecular complexity index is 803. The summed E-state index contributed by atoms with van der Waals surface area (Å²) < 4.78 is 7.15. The van der Waals surface area contributed by atoms with E-state index in [-0.39, 0.29) is 12.2 Å². The molecule has 25 heavy (non-hydrogen) atoms. The van der Waals surface area contributed by atoms with E-state index in [0.717, 1.165) is 4.47 Å². The molecular formula is C16H17BrN4O4. The van der Waals surface area contributed by atoms with Crippen LogP contribution in [0.1, 0.15) is 27.8 Å². The Morgan fingerprint density at radius 1 is 1.16 bits per heavy atom. The molecule has 0 aliphatic heterocycles. The minimum absolute atomic E-state index is 0.243. The van der Waals surface area contributed by atoms with Crippen LogP contribution in [0.15, 0.2) is 41.0 Å². The number of hydrogen-bond acceptors (Lipinski definition) is 4. The first kappa shape index (κ1) is 18.5. The van der Waals surface area contributed by atoms with E-state index in [1.807, 2.05) is 0 Å². The molecule has 1 aromatic carbocycles. The van der Waals surface area contributed by atoms with Gasteiger partial charge >= 0.3 is 6.09 Å².